The van der Waals surface area contributed by atoms with Gasteiger partial charge in [-0.1, -0.05) is 0 Å². The third-order valence-corrected chi connectivity index (χ3v) is 0.893. The van der Waals surface area contributed by atoms with Crippen molar-refractivity contribution in [3.8, 4) is 5.88 Å². The number of carbonyl (C=O) groups excluding carboxylic acids is 1. The molecule has 0 fully saturated rings. The van der Waals surface area contributed by atoms with Gasteiger partial charge in [-0.15, -0.1) is 0 Å². The molecule has 0 aliphatic heterocycles. The molecule has 3 N–H and O–H groups in total. The van der Waals surface area contributed by atoms with E-state index in [1.54, 1.807) is 0 Å². The molecule has 0 atom stereocenters. The molecule has 1 aromatic rings. The van der Waals surface area contributed by atoms with Gasteiger partial charge >= 0.3 is 0 Å². The molecule has 1 rings (SSSR count). The molecule has 0 aromatic carbocycles. The molecule has 0 bridgehead atoms. The summed E-state index contributed by atoms with van der Waals surface area (Å²) in [5.41, 5.74) is 4.59. The minimum atomic E-state index is -0.824. The Morgan fingerprint density at radius 1 is 1.73 bits per heavy atom. The molecular weight excluding hydrogens is 154 g/mol. The number of nitrogens with two attached hydrogens (primary N) is 1. The SMILES string of the molecule is NC(=O)c1nonc1OCO. The fourth-order valence-corrected chi connectivity index (χ4v) is 0.487. The quantitative estimate of drug-likeness (QED) is 0.519. The highest BCUT2D eigenvalue weighted by Crippen LogP contribution is 2.10. The molecule has 0 unspecified atom stereocenters. The van der Waals surface area contributed by atoms with E-state index in [1.165, 1.54) is 0 Å². The summed E-state index contributed by atoms with van der Waals surface area (Å²) >= 11 is 0. The number of nitrogens with zero attached hydrogens (tertiary/aromatic N) is 2. The van der Waals surface area contributed by atoms with Crippen LogP contribution < -0.4 is 10.5 Å². The highest BCUT2D eigenvalue weighted by Gasteiger charge is 2.15. The summed E-state index contributed by atoms with van der Waals surface area (Å²) in [6, 6.07) is 0. The standard InChI is InChI=1S/C4H5N3O4/c5-3(9)2-4(10-1-8)7-11-6-2/h8H,1H2,(H2,5,9). The number of hydrogen-bond acceptors (Lipinski definition) is 6. The Kier molecular flexibility index (Phi) is 2.02. The van der Waals surface area contributed by atoms with Gasteiger partial charge in [0.2, 0.25) is 5.69 Å². The maximum absolute atomic E-state index is 10.5. The number of amides is 1. The average Bonchev–Trinajstić information content (AvgIpc) is 2.36. The number of aromatic nitrogens is 2. The minimum absolute atomic E-state index is 0.208. The van der Waals surface area contributed by atoms with Crippen molar-refractivity contribution in [3.05, 3.63) is 5.69 Å². The van der Waals surface area contributed by atoms with Crippen LogP contribution in [0.5, 0.6) is 5.88 Å². The van der Waals surface area contributed by atoms with Gasteiger partial charge in [-0.2, -0.15) is 0 Å². The van der Waals surface area contributed by atoms with Gasteiger partial charge in [-0.25, -0.2) is 4.63 Å². The molecule has 0 aliphatic rings. The fraction of sp³-hybridized carbons (Fsp3) is 0.250. The largest absolute Gasteiger partial charge is 0.447 e. The average molecular weight is 159 g/mol. The van der Waals surface area contributed by atoms with E-state index in [-0.39, 0.29) is 11.6 Å². The number of carbonyl (C=O) groups is 1. The summed E-state index contributed by atoms with van der Waals surface area (Å²) in [5, 5.41) is 14.6. The highest BCUT2D eigenvalue weighted by atomic mass is 16.6. The van der Waals surface area contributed by atoms with E-state index in [9.17, 15) is 4.79 Å². The van der Waals surface area contributed by atoms with Crippen LogP contribution in [0.25, 0.3) is 0 Å². The Balaban J connectivity index is 2.87. The second-order valence-electron chi connectivity index (χ2n) is 1.56. The van der Waals surface area contributed by atoms with Crippen LogP contribution in [0.2, 0.25) is 0 Å². The second kappa shape index (κ2) is 2.97. The summed E-state index contributed by atoms with van der Waals surface area (Å²) in [7, 11) is 0. The Bertz CT molecular complexity index is 258. The molecule has 7 nitrogen and oxygen atoms in total. The number of rotatable bonds is 3. The van der Waals surface area contributed by atoms with Crippen molar-refractivity contribution >= 4 is 5.91 Å². The van der Waals surface area contributed by atoms with Crippen molar-refractivity contribution in [3.63, 3.8) is 0 Å². The van der Waals surface area contributed by atoms with Crippen molar-refractivity contribution in [1.82, 2.24) is 10.3 Å². The van der Waals surface area contributed by atoms with Crippen LogP contribution in [0.15, 0.2) is 4.63 Å². The molecule has 1 amide bonds. The molecule has 60 valence electrons. The maximum Gasteiger partial charge on any atom is 0.291 e. The van der Waals surface area contributed by atoms with Gasteiger partial charge < -0.3 is 15.6 Å². The fourth-order valence-electron chi connectivity index (χ4n) is 0.487. The molecule has 0 spiro atoms. The van der Waals surface area contributed by atoms with Crippen LogP contribution in [-0.4, -0.2) is 28.1 Å². The molecular formula is C4H5N3O4. The van der Waals surface area contributed by atoms with Gasteiger partial charge in [-0.3, -0.25) is 4.79 Å². The van der Waals surface area contributed by atoms with Gasteiger partial charge in [0.1, 0.15) is 0 Å². The van der Waals surface area contributed by atoms with Crippen molar-refractivity contribution in [2.45, 2.75) is 0 Å². The third-order valence-electron chi connectivity index (χ3n) is 0.893. The summed E-state index contributed by atoms with van der Waals surface area (Å²) < 4.78 is 8.55. The Morgan fingerprint density at radius 2 is 2.45 bits per heavy atom. The topological polar surface area (TPSA) is 111 Å². The number of aliphatic hydroxyl groups excluding tert-OH is 1. The lowest BCUT2D eigenvalue weighted by molar-refractivity contribution is 0.0868. The maximum atomic E-state index is 10.5. The lowest BCUT2D eigenvalue weighted by Crippen LogP contribution is -2.13. The normalized spacial score (nSPS) is 9.55. The van der Waals surface area contributed by atoms with E-state index in [1.807, 2.05) is 0 Å². The van der Waals surface area contributed by atoms with E-state index in [0.29, 0.717) is 0 Å². The first-order valence-corrected chi connectivity index (χ1v) is 2.61. The van der Waals surface area contributed by atoms with Gasteiger partial charge in [-0.05, 0) is 10.3 Å². The predicted molar refractivity (Wildman–Crippen MR) is 30.5 cm³/mol. The van der Waals surface area contributed by atoms with Crippen LogP contribution in [0.1, 0.15) is 10.5 Å². The number of aliphatic hydroxyl groups is 1. The zero-order valence-electron chi connectivity index (χ0n) is 5.35. The molecule has 0 saturated carbocycles. The predicted octanol–water partition coefficient (Wildman–Crippen LogP) is -1.50. The van der Waals surface area contributed by atoms with Crippen LogP contribution in [0.4, 0.5) is 0 Å². The molecule has 11 heavy (non-hydrogen) atoms. The van der Waals surface area contributed by atoms with E-state index in [2.05, 4.69) is 19.7 Å². The first-order valence-electron chi connectivity index (χ1n) is 2.61. The minimum Gasteiger partial charge on any atom is -0.447 e. The van der Waals surface area contributed by atoms with Gasteiger partial charge in [0, 0.05) is 0 Å². The molecule has 0 radical (unpaired) electrons. The molecule has 0 aliphatic carbocycles. The molecule has 7 heteroatoms. The molecule has 0 saturated heterocycles. The zero-order valence-corrected chi connectivity index (χ0v) is 5.35. The summed E-state index contributed by atoms with van der Waals surface area (Å²) in [5.74, 6) is -1.03. The Labute approximate surface area is 60.7 Å². The lowest BCUT2D eigenvalue weighted by Gasteiger charge is -1.93. The van der Waals surface area contributed by atoms with Crippen LogP contribution in [-0.2, 0) is 0 Å². The van der Waals surface area contributed by atoms with E-state index in [4.69, 9.17) is 10.8 Å². The lowest BCUT2D eigenvalue weighted by atomic mass is 10.4. The van der Waals surface area contributed by atoms with Gasteiger partial charge in [0.25, 0.3) is 11.8 Å². The Morgan fingerprint density at radius 3 is 3.00 bits per heavy atom. The number of hydrogen-bond donors (Lipinski definition) is 2. The first-order chi connectivity index (χ1) is 5.25. The smallest absolute Gasteiger partial charge is 0.291 e. The van der Waals surface area contributed by atoms with E-state index >= 15 is 0 Å². The number of primary amides is 1. The highest BCUT2D eigenvalue weighted by molar-refractivity contribution is 5.92. The summed E-state index contributed by atoms with van der Waals surface area (Å²) in [6.45, 7) is -0.617. The van der Waals surface area contributed by atoms with Crippen molar-refractivity contribution < 1.29 is 19.3 Å². The van der Waals surface area contributed by atoms with E-state index in [0.717, 1.165) is 0 Å². The second-order valence-corrected chi connectivity index (χ2v) is 1.56. The summed E-state index contributed by atoms with van der Waals surface area (Å²) in [4.78, 5) is 10.5. The van der Waals surface area contributed by atoms with Crippen molar-refractivity contribution in [1.29, 1.82) is 0 Å². The Hall–Kier alpha value is -1.63. The first kappa shape index (κ1) is 7.48. The summed E-state index contributed by atoms with van der Waals surface area (Å²) in [6.07, 6.45) is 0. The van der Waals surface area contributed by atoms with Crippen LogP contribution >= 0.6 is 0 Å². The van der Waals surface area contributed by atoms with Crippen LogP contribution in [0, 0.1) is 0 Å². The number of ether oxygens (including phenoxy) is 1. The molecule has 1 aromatic heterocycles. The van der Waals surface area contributed by atoms with Gasteiger partial charge in [0.15, 0.2) is 6.79 Å². The monoisotopic (exact) mass is 159 g/mol. The molecule has 1 heterocycles. The zero-order chi connectivity index (χ0) is 8.27. The van der Waals surface area contributed by atoms with Crippen LogP contribution in [0.3, 0.4) is 0 Å². The third kappa shape index (κ3) is 1.44. The van der Waals surface area contributed by atoms with E-state index < -0.39 is 12.7 Å². The van der Waals surface area contributed by atoms with Gasteiger partial charge in [0.05, 0.1) is 0 Å². The van der Waals surface area contributed by atoms with Crippen molar-refractivity contribution in [2.24, 2.45) is 5.73 Å². The van der Waals surface area contributed by atoms with Crippen molar-refractivity contribution in [2.75, 3.05) is 6.79 Å².